The normalized spacial score (nSPS) is 20.6. The summed E-state index contributed by atoms with van der Waals surface area (Å²) in [5.41, 5.74) is 9.01. The van der Waals surface area contributed by atoms with Crippen molar-refractivity contribution in [2.75, 3.05) is 18.1 Å². The summed E-state index contributed by atoms with van der Waals surface area (Å²) in [5.74, 6) is -4.09. The largest absolute Gasteiger partial charge is 0.465 e. The van der Waals surface area contributed by atoms with Gasteiger partial charge < -0.3 is 15.2 Å². The number of allylic oxidation sites excluding steroid dienone is 2. The number of rotatable bonds is 7. The standard InChI is InChI=1S/C31H28Cl2N2O5S/c1-3-39-30(37)25-21(23-9-6-14-41-23)16-22-26(28(25)36)24(17-7-5-8-19(33)15-17)27(31(38)40-4-2)29(34)35(22)20-12-10-18(32)11-13-20/h5-15,21,24-25H,3-4,16,34H2,1-2H3/t21-,24+,25+/m1/s1. The van der Waals surface area contributed by atoms with E-state index >= 15 is 0 Å². The Morgan fingerprint density at radius 2 is 1.73 bits per heavy atom. The average molecular weight is 612 g/mol. The van der Waals surface area contributed by atoms with Gasteiger partial charge in [0.25, 0.3) is 0 Å². The molecule has 5 rings (SSSR count). The molecule has 2 aromatic carbocycles. The van der Waals surface area contributed by atoms with E-state index in [1.54, 1.807) is 67.3 Å². The third-order valence-corrected chi connectivity index (χ3v) is 8.74. The van der Waals surface area contributed by atoms with Crippen LogP contribution in [0.4, 0.5) is 5.69 Å². The second-order valence-corrected chi connectivity index (χ2v) is 11.5. The average Bonchev–Trinajstić information content (AvgIpc) is 3.48. The Labute approximate surface area is 252 Å². The molecule has 0 radical (unpaired) electrons. The first kappa shape index (κ1) is 28.9. The molecule has 7 nitrogen and oxygen atoms in total. The highest BCUT2D eigenvalue weighted by Crippen LogP contribution is 2.52. The first-order chi connectivity index (χ1) is 19.8. The highest BCUT2D eigenvalue weighted by molar-refractivity contribution is 7.10. The molecule has 2 aliphatic rings. The Hall–Kier alpha value is -3.59. The van der Waals surface area contributed by atoms with Gasteiger partial charge >= 0.3 is 11.9 Å². The number of carbonyl (C=O) groups is 3. The number of benzene rings is 2. The van der Waals surface area contributed by atoms with Crippen molar-refractivity contribution < 1.29 is 23.9 Å². The first-order valence-corrected chi connectivity index (χ1v) is 14.9. The smallest absolute Gasteiger partial charge is 0.338 e. The second kappa shape index (κ2) is 12.1. The van der Waals surface area contributed by atoms with E-state index in [4.69, 9.17) is 38.4 Å². The SMILES string of the molecule is CCOC(=O)C1=C(N)N(c2ccc(Cl)cc2)C2=C(C(=O)[C@@H](C(=O)OCC)[C@@H](c3cccs3)C2)[C@@H]1c1cccc(Cl)c1. The maximum atomic E-state index is 14.7. The van der Waals surface area contributed by atoms with Crippen molar-refractivity contribution in [3.63, 3.8) is 0 Å². The van der Waals surface area contributed by atoms with Crippen LogP contribution in [-0.2, 0) is 23.9 Å². The summed E-state index contributed by atoms with van der Waals surface area (Å²) in [5, 5.41) is 2.85. The second-order valence-electron chi connectivity index (χ2n) is 9.60. The van der Waals surface area contributed by atoms with Gasteiger partial charge in [0.1, 0.15) is 11.7 Å². The van der Waals surface area contributed by atoms with Gasteiger partial charge in [0.15, 0.2) is 5.78 Å². The predicted octanol–water partition coefficient (Wildman–Crippen LogP) is 6.58. The maximum Gasteiger partial charge on any atom is 0.338 e. The topological polar surface area (TPSA) is 98.9 Å². The van der Waals surface area contributed by atoms with Crippen molar-refractivity contribution in [1.29, 1.82) is 0 Å². The molecule has 0 saturated carbocycles. The van der Waals surface area contributed by atoms with E-state index in [0.717, 1.165) is 4.88 Å². The zero-order valence-corrected chi connectivity index (χ0v) is 24.8. The van der Waals surface area contributed by atoms with E-state index in [2.05, 4.69) is 0 Å². The Morgan fingerprint density at radius 3 is 2.37 bits per heavy atom. The molecule has 2 heterocycles. The van der Waals surface area contributed by atoms with Crippen molar-refractivity contribution in [2.24, 2.45) is 11.7 Å². The van der Waals surface area contributed by atoms with Crippen molar-refractivity contribution in [3.8, 4) is 0 Å². The number of nitrogens with two attached hydrogens (primary N) is 1. The van der Waals surface area contributed by atoms with Gasteiger partial charge in [-0.2, -0.15) is 0 Å². The molecule has 0 amide bonds. The Morgan fingerprint density at radius 1 is 1.00 bits per heavy atom. The van der Waals surface area contributed by atoms with Crippen LogP contribution in [0.2, 0.25) is 10.0 Å². The fourth-order valence-corrected chi connectivity index (χ4v) is 6.80. The number of anilines is 1. The van der Waals surface area contributed by atoms with Crippen LogP contribution < -0.4 is 10.6 Å². The van der Waals surface area contributed by atoms with Crippen molar-refractivity contribution in [1.82, 2.24) is 0 Å². The molecule has 0 fully saturated rings. The summed E-state index contributed by atoms with van der Waals surface area (Å²) in [6.07, 6.45) is 0.293. The van der Waals surface area contributed by atoms with Crippen LogP contribution >= 0.6 is 34.5 Å². The van der Waals surface area contributed by atoms with Crippen LogP contribution in [0.15, 0.2) is 88.7 Å². The highest BCUT2D eigenvalue weighted by atomic mass is 35.5. The molecule has 0 unspecified atom stereocenters. The molecule has 0 saturated heterocycles. The van der Waals surface area contributed by atoms with Crippen molar-refractivity contribution >= 4 is 57.9 Å². The Bertz CT molecular complexity index is 1550. The molecule has 1 aliphatic heterocycles. The third kappa shape index (κ3) is 5.39. The van der Waals surface area contributed by atoms with E-state index < -0.39 is 35.5 Å². The Kier molecular flexibility index (Phi) is 8.54. The lowest BCUT2D eigenvalue weighted by atomic mass is 9.68. The lowest BCUT2D eigenvalue weighted by molar-refractivity contribution is -0.152. The predicted molar refractivity (Wildman–Crippen MR) is 160 cm³/mol. The lowest BCUT2D eigenvalue weighted by Gasteiger charge is -2.43. The minimum absolute atomic E-state index is 0.0911. The lowest BCUT2D eigenvalue weighted by Crippen LogP contribution is -2.46. The molecule has 3 atom stereocenters. The molecule has 0 spiro atoms. The summed E-state index contributed by atoms with van der Waals surface area (Å²) in [7, 11) is 0. The summed E-state index contributed by atoms with van der Waals surface area (Å²) in [4.78, 5) is 44.3. The number of halogens is 2. The quantitative estimate of drug-likeness (QED) is 0.238. The van der Waals surface area contributed by atoms with E-state index in [0.29, 0.717) is 33.4 Å². The van der Waals surface area contributed by atoms with E-state index in [1.807, 2.05) is 17.5 Å². The zero-order chi connectivity index (χ0) is 29.3. The minimum atomic E-state index is -1.11. The van der Waals surface area contributed by atoms with E-state index in [9.17, 15) is 14.4 Å². The van der Waals surface area contributed by atoms with Crippen LogP contribution in [-0.4, -0.2) is 30.9 Å². The summed E-state index contributed by atoms with van der Waals surface area (Å²) in [6.45, 7) is 3.63. The van der Waals surface area contributed by atoms with Gasteiger partial charge in [0, 0.05) is 37.8 Å². The molecule has 10 heteroatoms. The fraction of sp³-hybridized carbons (Fsp3) is 0.258. The zero-order valence-electron chi connectivity index (χ0n) is 22.4. The van der Waals surface area contributed by atoms with E-state index in [1.165, 1.54) is 11.3 Å². The molecule has 1 aromatic heterocycles. The van der Waals surface area contributed by atoms with Crippen LogP contribution in [0.1, 0.15) is 42.5 Å². The number of carbonyl (C=O) groups excluding carboxylic acids is 3. The number of hydrogen-bond donors (Lipinski definition) is 1. The number of hydrogen-bond acceptors (Lipinski definition) is 8. The fourth-order valence-electron chi connectivity index (χ4n) is 5.61. The summed E-state index contributed by atoms with van der Waals surface area (Å²) >= 11 is 14.1. The van der Waals surface area contributed by atoms with Gasteiger partial charge in [-0.25, -0.2) is 4.79 Å². The Balaban J connectivity index is 1.82. The maximum absolute atomic E-state index is 14.7. The third-order valence-electron chi connectivity index (χ3n) is 7.25. The molecular weight excluding hydrogens is 583 g/mol. The number of ether oxygens (including phenoxy) is 2. The van der Waals surface area contributed by atoms with Crippen molar-refractivity contribution in [3.05, 3.63) is 109 Å². The molecule has 212 valence electrons. The number of nitrogens with zero attached hydrogens (tertiary/aromatic N) is 1. The molecule has 41 heavy (non-hydrogen) atoms. The molecule has 2 N–H and O–H groups in total. The van der Waals surface area contributed by atoms with E-state index in [-0.39, 0.29) is 30.2 Å². The van der Waals surface area contributed by atoms with Gasteiger partial charge in [-0.3, -0.25) is 14.5 Å². The molecule has 3 aromatic rings. The number of esters is 2. The van der Waals surface area contributed by atoms with Gasteiger partial charge in [-0.15, -0.1) is 11.3 Å². The van der Waals surface area contributed by atoms with Crippen LogP contribution in [0, 0.1) is 5.92 Å². The first-order valence-electron chi connectivity index (χ1n) is 13.2. The van der Waals surface area contributed by atoms with Gasteiger partial charge in [-0.1, -0.05) is 41.4 Å². The van der Waals surface area contributed by atoms with Crippen LogP contribution in [0.5, 0.6) is 0 Å². The van der Waals surface area contributed by atoms with Gasteiger partial charge in [0.05, 0.1) is 24.7 Å². The summed E-state index contributed by atoms with van der Waals surface area (Å²) in [6, 6.07) is 17.7. The number of Topliss-reactive ketones (excluding diaryl/α,β-unsaturated/α-hetero) is 1. The van der Waals surface area contributed by atoms with Crippen molar-refractivity contribution in [2.45, 2.75) is 32.1 Å². The monoisotopic (exact) mass is 610 g/mol. The number of thiophene rings is 1. The minimum Gasteiger partial charge on any atom is -0.465 e. The van der Waals surface area contributed by atoms with Crippen LogP contribution in [0.25, 0.3) is 0 Å². The molecule has 0 bridgehead atoms. The van der Waals surface area contributed by atoms with Gasteiger partial charge in [-0.05, 0) is 73.7 Å². The van der Waals surface area contributed by atoms with Crippen LogP contribution in [0.3, 0.4) is 0 Å². The summed E-state index contributed by atoms with van der Waals surface area (Å²) < 4.78 is 10.9. The number of ketones is 1. The molecule has 1 aliphatic carbocycles. The van der Waals surface area contributed by atoms with Gasteiger partial charge in [0.2, 0.25) is 0 Å². The molecular formula is C31H28Cl2N2O5S. The highest BCUT2D eigenvalue weighted by Gasteiger charge is 2.51.